The van der Waals surface area contributed by atoms with Crippen LogP contribution in [0.25, 0.3) is 0 Å². The second kappa shape index (κ2) is 11.3. The second-order valence-electron chi connectivity index (χ2n) is 10.3. The van der Waals surface area contributed by atoms with E-state index in [4.69, 9.17) is 4.74 Å². The van der Waals surface area contributed by atoms with Gasteiger partial charge in [0.1, 0.15) is 11.9 Å². The van der Waals surface area contributed by atoms with Crippen LogP contribution in [-0.2, 0) is 20.9 Å². The fourth-order valence-electron chi connectivity index (χ4n) is 5.53. The minimum Gasteiger partial charge on any atom is -0.379 e. The minimum atomic E-state index is -0.384. The van der Waals surface area contributed by atoms with Crippen LogP contribution in [0.15, 0.2) is 24.3 Å². The molecule has 3 saturated heterocycles. The topological polar surface area (TPSA) is 68.4 Å². The highest BCUT2D eigenvalue weighted by molar-refractivity contribution is 5.90. The molecule has 1 aliphatic carbocycles. The van der Waals surface area contributed by atoms with Crippen LogP contribution in [0.3, 0.4) is 0 Å². The smallest absolute Gasteiger partial charge is 0.245 e. The molecular weight excluding hydrogens is 449 g/mol. The van der Waals surface area contributed by atoms with Gasteiger partial charge in [0.05, 0.1) is 13.2 Å². The maximum atomic E-state index is 13.5. The zero-order chi connectivity index (χ0) is 24.2. The number of piperazine rings is 1. The Kier molecular flexibility index (Phi) is 7.97. The van der Waals surface area contributed by atoms with E-state index in [-0.39, 0.29) is 35.6 Å². The minimum absolute atomic E-state index is 0.0889. The second-order valence-corrected chi connectivity index (χ2v) is 10.3. The summed E-state index contributed by atoms with van der Waals surface area (Å²) in [6.45, 7) is 9.36. The van der Waals surface area contributed by atoms with Crippen molar-refractivity contribution in [1.29, 1.82) is 0 Å². The first kappa shape index (κ1) is 24.6. The molecule has 192 valence electrons. The average molecular weight is 488 g/mol. The van der Waals surface area contributed by atoms with E-state index in [1.54, 1.807) is 0 Å². The van der Waals surface area contributed by atoms with E-state index in [9.17, 15) is 14.0 Å². The fraction of sp³-hybridized carbons (Fsp3) is 0.692. The van der Waals surface area contributed by atoms with Gasteiger partial charge >= 0.3 is 0 Å². The molecule has 8 nitrogen and oxygen atoms in total. The highest BCUT2D eigenvalue weighted by Gasteiger charge is 2.46. The molecular formula is C26H38FN5O3. The summed E-state index contributed by atoms with van der Waals surface area (Å²) in [6, 6.07) is 6.39. The standard InChI is InChI=1S/C26H38FN5O3/c27-22-5-1-20(2-6-22)18-31(12-11-29-13-15-35-16-14-29)23-17-24(26(34)30-9-7-28-8-10-30)32(19-23)25(33)21-3-4-21/h1-2,5-6,21,23-24,28H,3-4,7-19H2. The summed E-state index contributed by atoms with van der Waals surface area (Å²) >= 11 is 0. The molecule has 3 aliphatic heterocycles. The summed E-state index contributed by atoms with van der Waals surface area (Å²) in [5.74, 6) is 0.0946. The molecule has 0 radical (unpaired) electrons. The molecule has 2 atom stereocenters. The van der Waals surface area contributed by atoms with E-state index < -0.39 is 0 Å². The van der Waals surface area contributed by atoms with Crippen molar-refractivity contribution in [2.75, 3.05) is 72.1 Å². The summed E-state index contributed by atoms with van der Waals surface area (Å²) in [5.41, 5.74) is 1.05. The quantitative estimate of drug-likeness (QED) is 0.585. The van der Waals surface area contributed by atoms with Gasteiger partial charge in [0.2, 0.25) is 11.8 Å². The largest absolute Gasteiger partial charge is 0.379 e. The van der Waals surface area contributed by atoms with Crippen molar-refractivity contribution < 1.29 is 18.7 Å². The highest BCUT2D eigenvalue weighted by atomic mass is 19.1. The van der Waals surface area contributed by atoms with Gasteiger partial charge < -0.3 is 19.9 Å². The van der Waals surface area contributed by atoms with Crippen LogP contribution in [0, 0.1) is 11.7 Å². The molecule has 1 aromatic rings. The molecule has 0 bridgehead atoms. The Balaban J connectivity index is 1.32. The Labute approximate surface area is 207 Å². The van der Waals surface area contributed by atoms with E-state index in [0.717, 1.165) is 70.9 Å². The van der Waals surface area contributed by atoms with Gasteiger partial charge in [0.15, 0.2) is 0 Å². The van der Waals surface area contributed by atoms with Crippen molar-refractivity contribution in [3.05, 3.63) is 35.6 Å². The lowest BCUT2D eigenvalue weighted by Crippen LogP contribution is -2.53. The first-order valence-corrected chi connectivity index (χ1v) is 13.2. The number of carbonyl (C=O) groups excluding carboxylic acids is 2. The van der Waals surface area contributed by atoms with Crippen LogP contribution in [0.5, 0.6) is 0 Å². The van der Waals surface area contributed by atoms with Crippen LogP contribution in [0.1, 0.15) is 24.8 Å². The Morgan fingerprint density at radius 1 is 1.03 bits per heavy atom. The van der Waals surface area contributed by atoms with E-state index in [1.807, 2.05) is 21.9 Å². The summed E-state index contributed by atoms with van der Waals surface area (Å²) in [6.07, 6.45) is 2.53. The number of hydrogen-bond donors (Lipinski definition) is 1. The predicted octanol–water partition coefficient (Wildman–Crippen LogP) is 0.771. The lowest BCUT2D eigenvalue weighted by molar-refractivity contribution is -0.144. The Morgan fingerprint density at radius 2 is 1.74 bits per heavy atom. The van der Waals surface area contributed by atoms with Crippen molar-refractivity contribution in [3.63, 3.8) is 0 Å². The molecule has 3 heterocycles. The number of likely N-dealkylation sites (tertiary alicyclic amines) is 1. The Hall–Kier alpha value is -2.07. The zero-order valence-electron chi connectivity index (χ0n) is 20.5. The molecule has 1 aromatic carbocycles. The van der Waals surface area contributed by atoms with Gasteiger partial charge in [-0.2, -0.15) is 0 Å². The monoisotopic (exact) mass is 487 g/mol. The summed E-state index contributed by atoms with van der Waals surface area (Å²) in [4.78, 5) is 35.4. The van der Waals surface area contributed by atoms with Gasteiger partial charge in [-0.1, -0.05) is 12.1 Å². The molecule has 2 unspecified atom stereocenters. The number of ether oxygens (including phenoxy) is 1. The maximum Gasteiger partial charge on any atom is 0.245 e. The third-order valence-corrected chi connectivity index (χ3v) is 7.82. The van der Waals surface area contributed by atoms with E-state index >= 15 is 0 Å². The first-order valence-electron chi connectivity index (χ1n) is 13.2. The van der Waals surface area contributed by atoms with E-state index in [1.165, 1.54) is 12.1 Å². The maximum absolute atomic E-state index is 13.5. The number of rotatable bonds is 8. The van der Waals surface area contributed by atoms with Gasteiger partial charge in [0, 0.05) is 77.4 Å². The Morgan fingerprint density at radius 3 is 2.43 bits per heavy atom. The highest BCUT2D eigenvalue weighted by Crippen LogP contribution is 2.35. The SMILES string of the molecule is O=C(C1CC(N(CCN2CCOCC2)Cc2ccc(F)cc2)CN1C(=O)C1CC1)N1CCNCC1. The molecule has 1 N–H and O–H groups in total. The number of morpholine rings is 1. The van der Waals surface area contributed by atoms with Crippen molar-refractivity contribution in [1.82, 2.24) is 24.9 Å². The molecule has 4 aliphatic rings. The predicted molar refractivity (Wildman–Crippen MR) is 130 cm³/mol. The van der Waals surface area contributed by atoms with Gasteiger partial charge in [-0.3, -0.25) is 19.4 Å². The normalized spacial score (nSPS) is 25.9. The summed E-state index contributed by atoms with van der Waals surface area (Å²) in [5, 5.41) is 3.31. The van der Waals surface area contributed by atoms with Gasteiger partial charge in [0.25, 0.3) is 0 Å². The van der Waals surface area contributed by atoms with Gasteiger partial charge in [-0.05, 0) is 37.0 Å². The lowest BCUT2D eigenvalue weighted by Gasteiger charge is -2.33. The third kappa shape index (κ3) is 6.20. The number of carbonyl (C=O) groups is 2. The van der Waals surface area contributed by atoms with Crippen molar-refractivity contribution in [2.24, 2.45) is 5.92 Å². The van der Waals surface area contributed by atoms with Crippen LogP contribution in [0.2, 0.25) is 0 Å². The van der Waals surface area contributed by atoms with Crippen molar-refractivity contribution in [2.45, 2.75) is 37.9 Å². The van der Waals surface area contributed by atoms with Gasteiger partial charge in [-0.15, -0.1) is 0 Å². The number of hydrogen-bond acceptors (Lipinski definition) is 6. The van der Waals surface area contributed by atoms with Crippen molar-refractivity contribution in [3.8, 4) is 0 Å². The van der Waals surface area contributed by atoms with Crippen molar-refractivity contribution >= 4 is 11.8 Å². The molecule has 1 saturated carbocycles. The molecule has 0 aromatic heterocycles. The number of nitrogens with zero attached hydrogens (tertiary/aromatic N) is 4. The summed E-state index contributed by atoms with van der Waals surface area (Å²) in [7, 11) is 0. The van der Waals surface area contributed by atoms with E-state index in [0.29, 0.717) is 32.6 Å². The Bertz CT molecular complexity index is 868. The molecule has 9 heteroatoms. The molecule has 0 spiro atoms. The molecule has 4 fully saturated rings. The van der Waals surface area contributed by atoms with Crippen LogP contribution >= 0.6 is 0 Å². The van der Waals surface area contributed by atoms with Crippen LogP contribution in [0.4, 0.5) is 4.39 Å². The third-order valence-electron chi connectivity index (χ3n) is 7.82. The number of amides is 2. The fourth-order valence-corrected chi connectivity index (χ4v) is 5.53. The molecule has 35 heavy (non-hydrogen) atoms. The molecule has 5 rings (SSSR count). The average Bonchev–Trinajstić information content (AvgIpc) is 3.66. The van der Waals surface area contributed by atoms with Gasteiger partial charge in [-0.25, -0.2) is 4.39 Å². The molecule has 2 amide bonds. The lowest BCUT2D eigenvalue weighted by atomic mass is 10.1. The van der Waals surface area contributed by atoms with Crippen LogP contribution < -0.4 is 5.32 Å². The first-order chi connectivity index (χ1) is 17.1. The number of nitrogens with one attached hydrogen (secondary N) is 1. The summed E-state index contributed by atoms with van der Waals surface area (Å²) < 4.78 is 19.0. The number of halogens is 1. The van der Waals surface area contributed by atoms with E-state index in [2.05, 4.69) is 15.1 Å². The van der Waals surface area contributed by atoms with Crippen LogP contribution in [-0.4, -0.2) is 116 Å². The number of benzene rings is 1. The zero-order valence-corrected chi connectivity index (χ0v) is 20.5.